The van der Waals surface area contributed by atoms with Crippen LogP contribution in [0.5, 0.6) is 0 Å². The number of halogens is 3. The summed E-state index contributed by atoms with van der Waals surface area (Å²) in [6.07, 6.45) is -0.820. The summed E-state index contributed by atoms with van der Waals surface area (Å²) in [6, 6.07) is 7.17. The molecule has 1 aromatic heterocycles. The molecule has 4 rings (SSSR count). The Hall–Kier alpha value is -3.07. The second-order valence-electron chi connectivity index (χ2n) is 7.56. The number of alkyl halides is 2. The van der Waals surface area contributed by atoms with Crippen LogP contribution in [-0.4, -0.2) is 48.2 Å². The van der Waals surface area contributed by atoms with Gasteiger partial charge in [-0.2, -0.15) is 4.98 Å². The van der Waals surface area contributed by atoms with Crippen molar-refractivity contribution >= 4 is 17.3 Å². The zero-order chi connectivity index (χ0) is 22.0. The number of hydrogen-bond donors (Lipinski definition) is 1. The van der Waals surface area contributed by atoms with E-state index in [1.807, 2.05) is 25.1 Å². The molecule has 2 heterocycles. The average molecular weight is 432 g/mol. The lowest BCUT2D eigenvalue weighted by molar-refractivity contribution is 0.122. The molecule has 6 nitrogen and oxygen atoms in total. The number of aromatic nitrogens is 2. The van der Waals surface area contributed by atoms with Crippen molar-refractivity contribution in [3.05, 3.63) is 69.9 Å². The first-order valence-electron chi connectivity index (χ1n) is 10.0. The Morgan fingerprint density at radius 1 is 1.23 bits per heavy atom. The SMILES string of the molecule is Cc1cc(N2CCOCC2)ccc1Nc1nc(=O)ccn1CC1=CC(F)C(F)C(F)=C1. The van der Waals surface area contributed by atoms with Crippen LogP contribution in [0.1, 0.15) is 5.56 Å². The maximum Gasteiger partial charge on any atom is 0.274 e. The van der Waals surface area contributed by atoms with Crippen molar-refractivity contribution in [2.75, 3.05) is 36.5 Å². The summed E-state index contributed by atoms with van der Waals surface area (Å²) in [5, 5.41) is 3.13. The normalized spacial score (nSPS) is 21.5. The van der Waals surface area contributed by atoms with Crippen LogP contribution in [-0.2, 0) is 11.3 Å². The van der Waals surface area contributed by atoms with Gasteiger partial charge in [0.15, 0.2) is 12.3 Å². The van der Waals surface area contributed by atoms with Gasteiger partial charge in [0.1, 0.15) is 5.83 Å². The molecule has 2 unspecified atom stereocenters. The van der Waals surface area contributed by atoms with Crippen molar-refractivity contribution < 1.29 is 17.9 Å². The molecule has 1 aromatic carbocycles. The Balaban J connectivity index is 1.57. The summed E-state index contributed by atoms with van der Waals surface area (Å²) >= 11 is 0. The lowest BCUT2D eigenvalue weighted by atomic mass is 10.0. The summed E-state index contributed by atoms with van der Waals surface area (Å²) in [6.45, 7) is 4.98. The number of nitrogens with one attached hydrogen (secondary N) is 1. The lowest BCUT2D eigenvalue weighted by Crippen LogP contribution is -2.36. The van der Waals surface area contributed by atoms with Gasteiger partial charge in [-0.25, -0.2) is 13.2 Å². The van der Waals surface area contributed by atoms with E-state index in [9.17, 15) is 18.0 Å². The van der Waals surface area contributed by atoms with Gasteiger partial charge in [-0.3, -0.25) is 4.79 Å². The van der Waals surface area contributed by atoms with Gasteiger partial charge in [-0.1, -0.05) is 0 Å². The zero-order valence-corrected chi connectivity index (χ0v) is 17.0. The molecule has 0 saturated carbocycles. The highest BCUT2D eigenvalue weighted by molar-refractivity contribution is 5.64. The average Bonchev–Trinajstić information content (AvgIpc) is 2.76. The Labute approximate surface area is 177 Å². The molecule has 0 radical (unpaired) electrons. The molecule has 0 amide bonds. The van der Waals surface area contributed by atoms with Crippen LogP contribution in [0.3, 0.4) is 0 Å². The summed E-state index contributed by atoms with van der Waals surface area (Å²) in [5.41, 5.74) is 2.57. The van der Waals surface area contributed by atoms with Crippen LogP contribution in [0.25, 0.3) is 0 Å². The third-order valence-electron chi connectivity index (χ3n) is 5.31. The maximum absolute atomic E-state index is 13.7. The fourth-order valence-corrected chi connectivity index (χ4v) is 3.63. The van der Waals surface area contributed by atoms with Crippen molar-refractivity contribution in [3.8, 4) is 0 Å². The molecule has 0 spiro atoms. The monoisotopic (exact) mass is 432 g/mol. The number of aryl methyl sites for hydroxylation is 1. The number of hydrogen-bond acceptors (Lipinski definition) is 5. The van der Waals surface area contributed by atoms with E-state index in [0.29, 0.717) is 13.2 Å². The van der Waals surface area contributed by atoms with Crippen LogP contribution in [0.4, 0.5) is 30.5 Å². The Bertz CT molecular complexity index is 1080. The first-order chi connectivity index (χ1) is 14.9. The minimum absolute atomic E-state index is 0.0289. The highest BCUT2D eigenvalue weighted by Crippen LogP contribution is 2.28. The van der Waals surface area contributed by atoms with Gasteiger partial charge in [-0.15, -0.1) is 0 Å². The minimum atomic E-state index is -2.28. The van der Waals surface area contributed by atoms with Crippen LogP contribution in [0.15, 0.2) is 58.8 Å². The number of nitrogens with zero attached hydrogens (tertiary/aromatic N) is 3. The molecule has 2 aliphatic rings. The molecule has 9 heteroatoms. The largest absolute Gasteiger partial charge is 0.378 e. The number of anilines is 3. The number of benzene rings is 1. The first kappa shape index (κ1) is 21.2. The quantitative estimate of drug-likeness (QED) is 0.783. The molecule has 31 heavy (non-hydrogen) atoms. The highest BCUT2D eigenvalue weighted by atomic mass is 19.2. The maximum atomic E-state index is 13.7. The van der Waals surface area contributed by atoms with E-state index in [0.717, 1.165) is 42.2 Å². The number of allylic oxidation sites excluding steroid dienone is 4. The third-order valence-corrected chi connectivity index (χ3v) is 5.31. The number of ether oxygens (including phenoxy) is 1. The second kappa shape index (κ2) is 8.97. The molecule has 1 aliphatic carbocycles. The van der Waals surface area contributed by atoms with E-state index < -0.39 is 23.7 Å². The van der Waals surface area contributed by atoms with Gasteiger partial charge in [0.2, 0.25) is 5.95 Å². The van der Waals surface area contributed by atoms with Gasteiger partial charge in [0.05, 0.1) is 19.8 Å². The van der Waals surface area contributed by atoms with Gasteiger partial charge >= 0.3 is 0 Å². The molecule has 2 atom stereocenters. The molecular weight excluding hydrogens is 409 g/mol. The second-order valence-corrected chi connectivity index (χ2v) is 7.56. The van der Waals surface area contributed by atoms with Crippen LogP contribution < -0.4 is 15.8 Å². The Kier molecular flexibility index (Phi) is 6.13. The van der Waals surface area contributed by atoms with Gasteiger partial charge in [0.25, 0.3) is 5.56 Å². The number of rotatable bonds is 5. The minimum Gasteiger partial charge on any atom is -0.378 e. The van der Waals surface area contributed by atoms with Gasteiger partial charge in [0, 0.05) is 36.7 Å². The van der Waals surface area contributed by atoms with Crippen molar-refractivity contribution in [1.82, 2.24) is 9.55 Å². The lowest BCUT2D eigenvalue weighted by Gasteiger charge is -2.29. The van der Waals surface area contributed by atoms with Crippen molar-refractivity contribution in [2.45, 2.75) is 25.8 Å². The Morgan fingerprint density at radius 3 is 2.71 bits per heavy atom. The fourth-order valence-electron chi connectivity index (χ4n) is 3.63. The summed E-state index contributed by atoms with van der Waals surface area (Å²) in [4.78, 5) is 18.1. The van der Waals surface area contributed by atoms with Crippen LogP contribution >= 0.6 is 0 Å². The topological polar surface area (TPSA) is 59.4 Å². The van der Waals surface area contributed by atoms with Crippen LogP contribution in [0.2, 0.25) is 0 Å². The van der Waals surface area contributed by atoms with Crippen molar-refractivity contribution in [2.24, 2.45) is 0 Å². The zero-order valence-electron chi connectivity index (χ0n) is 17.0. The molecule has 0 bridgehead atoms. The summed E-state index contributed by atoms with van der Waals surface area (Å²) in [7, 11) is 0. The molecule has 1 saturated heterocycles. The molecule has 164 valence electrons. The van der Waals surface area contributed by atoms with E-state index in [1.165, 1.54) is 12.3 Å². The van der Waals surface area contributed by atoms with E-state index >= 15 is 0 Å². The van der Waals surface area contributed by atoms with E-state index in [2.05, 4.69) is 15.2 Å². The van der Waals surface area contributed by atoms with E-state index in [4.69, 9.17) is 4.74 Å². The number of morpholine rings is 1. The third kappa shape index (κ3) is 4.82. The fraction of sp³-hybridized carbons (Fsp3) is 0.364. The Morgan fingerprint density at radius 2 is 2.00 bits per heavy atom. The molecule has 1 N–H and O–H groups in total. The highest BCUT2D eigenvalue weighted by Gasteiger charge is 2.27. The standard InChI is InChI=1S/C22H23F3N4O2/c1-14-10-16(28-6-8-31-9-7-28)2-3-19(14)26-22-27-20(30)4-5-29(22)13-15-11-17(23)21(25)18(24)12-15/h2-5,10-12,17,21H,6-9,13H2,1H3,(H,26,27,30). The molecule has 1 aliphatic heterocycles. The summed E-state index contributed by atoms with van der Waals surface area (Å²) < 4.78 is 47.7. The molecule has 2 aromatic rings. The molecule has 1 fully saturated rings. The first-order valence-corrected chi connectivity index (χ1v) is 10.0. The van der Waals surface area contributed by atoms with Gasteiger partial charge < -0.3 is 19.5 Å². The predicted molar refractivity (Wildman–Crippen MR) is 113 cm³/mol. The van der Waals surface area contributed by atoms with E-state index in [1.54, 1.807) is 4.57 Å². The summed E-state index contributed by atoms with van der Waals surface area (Å²) in [5.74, 6) is -0.926. The smallest absolute Gasteiger partial charge is 0.274 e. The van der Waals surface area contributed by atoms with Crippen LogP contribution in [0, 0.1) is 6.92 Å². The van der Waals surface area contributed by atoms with Crippen molar-refractivity contribution in [1.29, 1.82) is 0 Å². The molecular formula is C22H23F3N4O2. The van der Waals surface area contributed by atoms with E-state index in [-0.39, 0.29) is 18.1 Å². The predicted octanol–water partition coefficient (Wildman–Crippen LogP) is 3.60. The van der Waals surface area contributed by atoms with Gasteiger partial charge in [-0.05, 0) is 48.4 Å². The van der Waals surface area contributed by atoms with Crippen molar-refractivity contribution in [3.63, 3.8) is 0 Å².